The fourth-order valence-corrected chi connectivity index (χ4v) is 4.15. The van der Waals surface area contributed by atoms with Gasteiger partial charge in [0, 0.05) is 23.9 Å². The highest BCUT2D eigenvalue weighted by atomic mass is 16.6. The molecule has 0 saturated carbocycles. The first-order valence-corrected chi connectivity index (χ1v) is 10.1. The van der Waals surface area contributed by atoms with Crippen molar-refractivity contribution in [3.63, 3.8) is 0 Å². The van der Waals surface area contributed by atoms with E-state index in [-0.39, 0.29) is 6.04 Å². The lowest BCUT2D eigenvalue weighted by Gasteiger charge is -2.37. The van der Waals surface area contributed by atoms with Crippen LogP contribution in [0.2, 0.25) is 0 Å². The highest BCUT2D eigenvalue weighted by Crippen LogP contribution is 2.38. The van der Waals surface area contributed by atoms with Crippen molar-refractivity contribution in [2.45, 2.75) is 11.8 Å². The van der Waals surface area contributed by atoms with E-state index in [0.29, 0.717) is 25.8 Å². The van der Waals surface area contributed by atoms with Gasteiger partial charge in [0.05, 0.1) is 0 Å². The van der Waals surface area contributed by atoms with Crippen LogP contribution < -0.4 is 4.90 Å². The number of rotatable bonds is 5. The highest BCUT2D eigenvalue weighted by molar-refractivity contribution is 5.96. The minimum atomic E-state index is -0.662. The summed E-state index contributed by atoms with van der Waals surface area (Å²) in [5.41, 5.74) is 3.53. The standard InChI is InChI=1S/C25H24N2O3/c1-28-25(21-12-6-3-7-13-21)17-29-18-27(25)22-14-8-11-20(15-22)24-26-23(16-30-24)19-9-4-2-5-10-19/h2-15,23H,16-18H2,1H3/t23-,25-/m0/s1. The molecule has 2 heterocycles. The Morgan fingerprint density at radius 3 is 2.50 bits per heavy atom. The van der Waals surface area contributed by atoms with Crippen molar-refractivity contribution in [3.05, 3.63) is 102 Å². The molecular formula is C25H24N2O3. The van der Waals surface area contributed by atoms with Crippen LogP contribution in [0.15, 0.2) is 89.9 Å². The molecule has 152 valence electrons. The van der Waals surface area contributed by atoms with Gasteiger partial charge in [0.1, 0.15) is 26.0 Å². The minimum Gasteiger partial charge on any atom is -0.475 e. The van der Waals surface area contributed by atoms with Crippen molar-refractivity contribution >= 4 is 11.6 Å². The van der Waals surface area contributed by atoms with E-state index in [0.717, 1.165) is 16.8 Å². The van der Waals surface area contributed by atoms with Crippen LogP contribution in [-0.4, -0.2) is 33.0 Å². The molecule has 0 aliphatic carbocycles. The van der Waals surface area contributed by atoms with Gasteiger partial charge >= 0.3 is 0 Å². The third-order valence-corrected chi connectivity index (χ3v) is 5.76. The summed E-state index contributed by atoms with van der Waals surface area (Å²) in [4.78, 5) is 6.97. The molecule has 2 aliphatic heterocycles. The lowest BCUT2D eigenvalue weighted by Crippen LogP contribution is -2.45. The van der Waals surface area contributed by atoms with Crippen molar-refractivity contribution in [1.82, 2.24) is 0 Å². The molecule has 1 fully saturated rings. The summed E-state index contributed by atoms with van der Waals surface area (Å²) in [6.07, 6.45) is 0. The number of ether oxygens (including phenoxy) is 3. The number of hydrogen-bond acceptors (Lipinski definition) is 5. The quantitative estimate of drug-likeness (QED) is 0.633. The van der Waals surface area contributed by atoms with Gasteiger partial charge in [-0.15, -0.1) is 0 Å². The lowest BCUT2D eigenvalue weighted by atomic mass is 10.0. The van der Waals surface area contributed by atoms with Crippen molar-refractivity contribution in [1.29, 1.82) is 0 Å². The Kier molecular flexibility index (Phi) is 4.99. The van der Waals surface area contributed by atoms with E-state index in [9.17, 15) is 0 Å². The van der Waals surface area contributed by atoms with Gasteiger partial charge in [-0.1, -0.05) is 66.7 Å². The van der Waals surface area contributed by atoms with Gasteiger partial charge < -0.3 is 19.1 Å². The molecule has 0 bridgehead atoms. The van der Waals surface area contributed by atoms with E-state index in [1.54, 1.807) is 7.11 Å². The Labute approximate surface area is 176 Å². The zero-order valence-corrected chi connectivity index (χ0v) is 16.9. The molecule has 0 N–H and O–H groups in total. The molecule has 2 aliphatic rings. The maximum absolute atomic E-state index is 6.03. The van der Waals surface area contributed by atoms with Crippen molar-refractivity contribution < 1.29 is 14.2 Å². The fourth-order valence-electron chi connectivity index (χ4n) is 4.15. The molecule has 3 aromatic carbocycles. The predicted molar refractivity (Wildman–Crippen MR) is 117 cm³/mol. The summed E-state index contributed by atoms with van der Waals surface area (Å²) in [5, 5.41) is 0. The molecule has 5 rings (SSSR count). The van der Waals surface area contributed by atoms with Crippen LogP contribution in [0.1, 0.15) is 22.7 Å². The lowest BCUT2D eigenvalue weighted by molar-refractivity contribution is -0.0199. The van der Waals surface area contributed by atoms with E-state index in [2.05, 4.69) is 41.3 Å². The molecular weight excluding hydrogens is 376 g/mol. The second-order valence-corrected chi connectivity index (χ2v) is 7.48. The van der Waals surface area contributed by atoms with Crippen LogP contribution in [0.25, 0.3) is 0 Å². The smallest absolute Gasteiger partial charge is 0.216 e. The van der Waals surface area contributed by atoms with Gasteiger partial charge in [-0.2, -0.15) is 0 Å². The number of aliphatic imine (C=N–C) groups is 1. The molecule has 1 saturated heterocycles. The second kappa shape index (κ2) is 7.94. The minimum absolute atomic E-state index is 0.0300. The van der Waals surface area contributed by atoms with Gasteiger partial charge in [-0.3, -0.25) is 0 Å². The summed E-state index contributed by atoms with van der Waals surface area (Å²) in [6, 6.07) is 28.7. The molecule has 30 heavy (non-hydrogen) atoms. The van der Waals surface area contributed by atoms with Gasteiger partial charge in [-0.25, -0.2) is 4.99 Å². The van der Waals surface area contributed by atoms with E-state index >= 15 is 0 Å². The summed E-state index contributed by atoms with van der Waals surface area (Å²) >= 11 is 0. The van der Waals surface area contributed by atoms with E-state index in [1.165, 1.54) is 5.56 Å². The van der Waals surface area contributed by atoms with Crippen LogP contribution in [-0.2, 0) is 19.9 Å². The van der Waals surface area contributed by atoms with Crippen LogP contribution in [0, 0.1) is 0 Å². The van der Waals surface area contributed by atoms with Gasteiger partial charge in [0.2, 0.25) is 5.90 Å². The molecule has 0 amide bonds. The summed E-state index contributed by atoms with van der Waals surface area (Å²) in [7, 11) is 1.73. The second-order valence-electron chi connectivity index (χ2n) is 7.48. The average Bonchev–Trinajstić information content (AvgIpc) is 3.49. The molecule has 5 heteroatoms. The maximum atomic E-state index is 6.03. The van der Waals surface area contributed by atoms with Crippen molar-refractivity contribution in [2.75, 3.05) is 32.0 Å². The highest BCUT2D eigenvalue weighted by Gasteiger charge is 2.44. The normalized spacial score (nSPS) is 23.3. The molecule has 3 aromatic rings. The van der Waals surface area contributed by atoms with E-state index < -0.39 is 5.72 Å². The molecule has 0 radical (unpaired) electrons. The molecule has 0 unspecified atom stereocenters. The van der Waals surface area contributed by atoms with Crippen LogP contribution in [0.5, 0.6) is 0 Å². The van der Waals surface area contributed by atoms with Crippen LogP contribution in [0.4, 0.5) is 5.69 Å². The third-order valence-electron chi connectivity index (χ3n) is 5.76. The topological polar surface area (TPSA) is 43.3 Å². The predicted octanol–water partition coefficient (Wildman–Crippen LogP) is 4.50. The largest absolute Gasteiger partial charge is 0.475 e. The van der Waals surface area contributed by atoms with Gasteiger partial charge in [-0.05, 0) is 23.8 Å². The molecule has 0 spiro atoms. The Morgan fingerprint density at radius 1 is 0.967 bits per heavy atom. The summed E-state index contributed by atoms with van der Waals surface area (Å²) < 4.78 is 17.8. The third kappa shape index (κ3) is 3.26. The van der Waals surface area contributed by atoms with Gasteiger partial charge in [0.15, 0.2) is 5.72 Å². The summed E-state index contributed by atoms with van der Waals surface area (Å²) in [5.74, 6) is 0.675. The number of methoxy groups -OCH3 is 1. The van der Waals surface area contributed by atoms with E-state index in [4.69, 9.17) is 19.2 Å². The summed E-state index contributed by atoms with van der Waals surface area (Å²) in [6.45, 7) is 1.47. The first-order chi connectivity index (χ1) is 14.8. The SMILES string of the molecule is CO[C@]1(c2ccccc2)COCN1c1cccc(C2=N[C@H](c3ccccc3)CO2)c1. The van der Waals surface area contributed by atoms with E-state index in [1.807, 2.05) is 48.5 Å². The number of benzene rings is 3. The number of nitrogens with zero attached hydrogens (tertiary/aromatic N) is 2. The van der Waals surface area contributed by atoms with Crippen molar-refractivity contribution in [2.24, 2.45) is 4.99 Å². The number of anilines is 1. The zero-order valence-electron chi connectivity index (χ0n) is 16.9. The monoisotopic (exact) mass is 400 g/mol. The van der Waals surface area contributed by atoms with Gasteiger partial charge in [0.25, 0.3) is 0 Å². The molecule has 5 nitrogen and oxygen atoms in total. The Hall–Kier alpha value is -3.15. The van der Waals surface area contributed by atoms with Crippen LogP contribution in [0.3, 0.4) is 0 Å². The average molecular weight is 400 g/mol. The number of hydrogen-bond donors (Lipinski definition) is 0. The fraction of sp³-hybridized carbons (Fsp3) is 0.240. The Bertz CT molecular complexity index is 1040. The zero-order chi connectivity index (χ0) is 20.4. The molecule has 0 aromatic heterocycles. The maximum Gasteiger partial charge on any atom is 0.216 e. The molecule has 2 atom stereocenters. The first-order valence-electron chi connectivity index (χ1n) is 10.1. The Morgan fingerprint density at radius 2 is 1.73 bits per heavy atom. The first kappa shape index (κ1) is 18.9. The Balaban J connectivity index is 1.47. The van der Waals surface area contributed by atoms with Crippen molar-refractivity contribution in [3.8, 4) is 0 Å². The van der Waals surface area contributed by atoms with Crippen LogP contribution >= 0.6 is 0 Å².